The van der Waals surface area contributed by atoms with Gasteiger partial charge < -0.3 is 5.32 Å². The van der Waals surface area contributed by atoms with E-state index in [2.05, 4.69) is 21.2 Å². The summed E-state index contributed by atoms with van der Waals surface area (Å²) in [6.07, 6.45) is 0. The first-order chi connectivity index (χ1) is 8.65. The Kier molecular flexibility index (Phi) is 4.47. The van der Waals surface area contributed by atoms with E-state index in [1.165, 1.54) is 0 Å². The minimum Gasteiger partial charge on any atom is -0.344 e. The first-order valence-corrected chi connectivity index (χ1v) is 5.36. The van der Waals surface area contributed by atoms with Crippen molar-refractivity contribution in [2.45, 2.75) is 0 Å². The molecule has 0 heterocycles. The molecule has 0 fully saturated rings. The fraction of sp³-hybridized carbons (Fsp3) is 0. The van der Waals surface area contributed by atoms with E-state index < -0.39 is 0 Å². The van der Waals surface area contributed by atoms with E-state index in [9.17, 15) is 0 Å². The van der Waals surface area contributed by atoms with Crippen LogP contribution >= 0.6 is 15.9 Å². The number of anilines is 1. The molecule has 0 aliphatic carbocycles. The molecule has 18 heavy (non-hydrogen) atoms. The molecule has 1 aromatic carbocycles. The van der Waals surface area contributed by atoms with Crippen molar-refractivity contribution in [3.8, 4) is 24.3 Å². The number of nitrogens with one attached hydrogen (secondary N) is 1. The number of hydrogen-bond donors (Lipinski definition) is 1. The van der Waals surface area contributed by atoms with Gasteiger partial charge in [0.25, 0.3) is 0 Å². The molecular formula is C12H4BrN5. The third-order valence-electron chi connectivity index (χ3n) is 1.94. The van der Waals surface area contributed by atoms with Crippen LogP contribution in [-0.2, 0) is 0 Å². The minimum atomic E-state index is -0.297. The van der Waals surface area contributed by atoms with Gasteiger partial charge in [0.15, 0.2) is 5.57 Å². The zero-order valence-corrected chi connectivity index (χ0v) is 10.5. The smallest absolute Gasteiger partial charge is 0.163 e. The van der Waals surface area contributed by atoms with Crippen molar-refractivity contribution in [2.24, 2.45) is 0 Å². The van der Waals surface area contributed by atoms with E-state index in [-0.39, 0.29) is 11.3 Å². The molecule has 0 aliphatic heterocycles. The molecular weight excluding hydrogens is 294 g/mol. The molecule has 0 spiro atoms. The first-order valence-electron chi connectivity index (χ1n) is 4.57. The van der Waals surface area contributed by atoms with Gasteiger partial charge in [-0.05, 0) is 34.1 Å². The van der Waals surface area contributed by atoms with Crippen molar-refractivity contribution in [3.05, 3.63) is 39.5 Å². The van der Waals surface area contributed by atoms with E-state index in [0.717, 1.165) is 0 Å². The Hall–Kier alpha value is -2.80. The Bertz CT molecular complexity index is 660. The van der Waals surface area contributed by atoms with E-state index in [0.29, 0.717) is 15.7 Å². The van der Waals surface area contributed by atoms with Crippen molar-refractivity contribution in [1.29, 1.82) is 21.0 Å². The van der Waals surface area contributed by atoms with Gasteiger partial charge >= 0.3 is 0 Å². The third-order valence-corrected chi connectivity index (χ3v) is 2.60. The summed E-state index contributed by atoms with van der Waals surface area (Å²) >= 11 is 3.23. The van der Waals surface area contributed by atoms with E-state index in [1.54, 1.807) is 36.4 Å². The average molecular weight is 298 g/mol. The summed E-state index contributed by atoms with van der Waals surface area (Å²) in [6.45, 7) is 0. The fourth-order valence-corrected chi connectivity index (χ4v) is 1.58. The molecule has 0 aromatic heterocycles. The summed E-state index contributed by atoms with van der Waals surface area (Å²) < 4.78 is 0.560. The Morgan fingerprint density at radius 1 is 1.06 bits per heavy atom. The summed E-state index contributed by atoms with van der Waals surface area (Å²) in [6, 6.07) is 11.7. The van der Waals surface area contributed by atoms with Crippen LogP contribution in [0.15, 0.2) is 33.9 Å². The van der Waals surface area contributed by atoms with Gasteiger partial charge in [0.1, 0.15) is 23.9 Å². The van der Waals surface area contributed by atoms with Gasteiger partial charge in [-0.25, -0.2) is 0 Å². The monoisotopic (exact) mass is 297 g/mol. The lowest BCUT2D eigenvalue weighted by molar-refractivity contribution is 1.36. The molecule has 0 amide bonds. The molecule has 0 saturated carbocycles. The molecule has 0 saturated heterocycles. The highest BCUT2D eigenvalue weighted by atomic mass is 79.9. The highest BCUT2D eigenvalue weighted by Gasteiger charge is 2.08. The second kappa shape index (κ2) is 6.06. The highest BCUT2D eigenvalue weighted by Crippen LogP contribution is 2.25. The van der Waals surface area contributed by atoms with E-state index >= 15 is 0 Å². The Labute approximate surface area is 112 Å². The van der Waals surface area contributed by atoms with Crippen LogP contribution in [0, 0.1) is 45.3 Å². The predicted molar refractivity (Wildman–Crippen MR) is 66.3 cm³/mol. The molecule has 0 atom stereocenters. The van der Waals surface area contributed by atoms with Crippen LogP contribution in [0.4, 0.5) is 5.69 Å². The van der Waals surface area contributed by atoms with Crippen LogP contribution in [0.5, 0.6) is 0 Å². The molecule has 1 rings (SSSR count). The number of nitriles is 4. The molecule has 0 unspecified atom stereocenters. The van der Waals surface area contributed by atoms with Crippen molar-refractivity contribution >= 4 is 21.6 Å². The SMILES string of the molecule is N#CC(C#N)=C(C#N)Nc1ccc(C#N)cc1Br. The summed E-state index contributed by atoms with van der Waals surface area (Å²) in [7, 11) is 0. The lowest BCUT2D eigenvalue weighted by Crippen LogP contribution is -2.01. The van der Waals surface area contributed by atoms with Gasteiger partial charge in [0.05, 0.1) is 17.3 Å². The molecule has 6 heteroatoms. The Balaban J connectivity index is 3.19. The van der Waals surface area contributed by atoms with Crippen LogP contribution in [0.3, 0.4) is 0 Å². The molecule has 84 valence electrons. The average Bonchev–Trinajstić information content (AvgIpc) is 2.40. The normalized spacial score (nSPS) is 8.06. The maximum absolute atomic E-state index is 8.87. The van der Waals surface area contributed by atoms with Crippen LogP contribution in [0.1, 0.15) is 5.56 Å². The molecule has 1 N–H and O–H groups in total. The van der Waals surface area contributed by atoms with Gasteiger partial charge in [-0.2, -0.15) is 21.0 Å². The van der Waals surface area contributed by atoms with Crippen LogP contribution in [0.25, 0.3) is 0 Å². The standard InChI is InChI=1S/C12H4BrN5/c13-10-3-8(4-14)1-2-11(10)18-12(7-17)9(5-15)6-16/h1-3,18H. The number of rotatable bonds is 2. The van der Waals surface area contributed by atoms with Crippen molar-refractivity contribution in [3.63, 3.8) is 0 Å². The topological polar surface area (TPSA) is 107 Å². The molecule has 5 nitrogen and oxygen atoms in total. The van der Waals surface area contributed by atoms with Crippen LogP contribution in [-0.4, -0.2) is 0 Å². The quantitative estimate of drug-likeness (QED) is 0.844. The number of halogens is 1. The number of nitrogens with zero attached hydrogens (tertiary/aromatic N) is 4. The third kappa shape index (κ3) is 2.86. The van der Waals surface area contributed by atoms with Gasteiger partial charge in [-0.15, -0.1) is 0 Å². The second-order valence-corrected chi connectivity index (χ2v) is 3.87. The summed E-state index contributed by atoms with van der Waals surface area (Å²) in [5.41, 5.74) is 0.517. The van der Waals surface area contributed by atoms with E-state index in [1.807, 2.05) is 6.07 Å². The fourth-order valence-electron chi connectivity index (χ4n) is 1.10. The minimum absolute atomic E-state index is 0.134. The highest BCUT2D eigenvalue weighted by molar-refractivity contribution is 9.10. The molecule has 0 aliphatic rings. The zero-order chi connectivity index (χ0) is 13.5. The first kappa shape index (κ1) is 13.3. The summed E-state index contributed by atoms with van der Waals surface area (Å²) in [5.74, 6) is 0. The Morgan fingerprint density at radius 2 is 1.72 bits per heavy atom. The van der Waals surface area contributed by atoms with Gasteiger partial charge in [0, 0.05) is 4.47 Å². The van der Waals surface area contributed by atoms with Crippen LogP contribution in [0.2, 0.25) is 0 Å². The van der Waals surface area contributed by atoms with Crippen molar-refractivity contribution < 1.29 is 0 Å². The summed E-state index contributed by atoms with van der Waals surface area (Å²) in [5, 5.41) is 37.6. The van der Waals surface area contributed by atoms with Crippen molar-refractivity contribution in [2.75, 3.05) is 5.32 Å². The number of allylic oxidation sites excluding steroid dienone is 2. The Morgan fingerprint density at radius 3 is 2.17 bits per heavy atom. The van der Waals surface area contributed by atoms with Crippen LogP contribution < -0.4 is 5.32 Å². The van der Waals surface area contributed by atoms with Gasteiger partial charge in [-0.1, -0.05) is 0 Å². The van der Waals surface area contributed by atoms with Gasteiger partial charge in [0.2, 0.25) is 0 Å². The molecule has 1 aromatic rings. The lowest BCUT2D eigenvalue weighted by atomic mass is 10.2. The predicted octanol–water partition coefficient (Wildman–Crippen LogP) is 2.56. The zero-order valence-electron chi connectivity index (χ0n) is 8.90. The maximum Gasteiger partial charge on any atom is 0.163 e. The largest absolute Gasteiger partial charge is 0.344 e. The number of benzene rings is 1. The molecule has 0 radical (unpaired) electrons. The van der Waals surface area contributed by atoms with E-state index in [4.69, 9.17) is 21.0 Å². The summed E-state index contributed by atoms with van der Waals surface area (Å²) in [4.78, 5) is 0. The number of hydrogen-bond acceptors (Lipinski definition) is 5. The lowest BCUT2D eigenvalue weighted by Gasteiger charge is -2.06. The molecule has 0 bridgehead atoms. The second-order valence-electron chi connectivity index (χ2n) is 3.02. The maximum atomic E-state index is 8.87. The van der Waals surface area contributed by atoms with Gasteiger partial charge in [-0.3, -0.25) is 0 Å². The van der Waals surface area contributed by atoms with Crippen molar-refractivity contribution in [1.82, 2.24) is 0 Å².